The Morgan fingerprint density at radius 3 is 2.85 bits per heavy atom. The van der Waals surface area contributed by atoms with Crippen LogP contribution in [0.4, 0.5) is 4.39 Å². The van der Waals surface area contributed by atoms with Gasteiger partial charge in [0.2, 0.25) is 5.82 Å². The fourth-order valence-electron chi connectivity index (χ4n) is 1.73. The summed E-state index contributed by atoms with van der Waals surface area (Å²) in [6.07, 6.45) is 1.50. The fraction of sp³-hybridized carbons (Fsp3) is 0.0714. The van der Waals surface area contributed by atoms with Gasteiger partial charge in [-0.2, -0.15) is 4.98 Å². The number of halogens is 1. The molecule has 20 heavy (non-hydrogen) atoms. The van der Waals surface area contributed by atoms with Crippen LogP contribution in [0.15, 0.2) is 41.1 Å². The van der Waals surface area contributed by atoms with E-state index in [-0.39, 0.29) is 29.0 Å². The summed E-state index contributed by atoms with van der Waals surface area (Å²) >= 11 is 0. The van der Waals surface area contributed by atoms with Crippen molar-refractivity contribution >= 4 is 0 Å². The van der Waals surface area contributed by atoms with Gasteiger partial charge in [0.1, 0.15) is 11.6 Å². The number of aryl methyl sites for hydroxylation is 1. The molecule has 0 bridgehead atoms. The maximum atomic E-state index is 13.5. The standard InChI is InChI=1S/C14H10FN3O2/c1-8-4-5-9(7-10(8)15)13-17-14(20-18-13)12-11(19)3-2-6-16-12/h2-7,19H,1H3. The molecular formula is C14H10FN3O2. The molecule has 2 heterocycles. The molecule has 0 unspecified atom stereocenters. The van der Waals surface area contributed by atoms with Gasteiger partial charge in [0.05, 0.1) is 0 Å². The first-order chi connectivity index (χ1) is 9.65. The van der Waals surface area contributed by atoms with Crippen LogP contribution in [0.5, 0.6) is 5.75 Å². The van der Waals surface area contributed by atoms with Gasteiger partial charge in [0.25, 0.3) is 5.89 Å². The van der Waals surface area contributed by atoms with Gasteiger partial charge >= 0.3 is 0 Å². The van der Waals surface area contributed by atoms with Crippen LogP contribution in [-0.4, -0.2) is 20.2 Å². The number of hydrogen-bond acceptors (Lipinski definition) is 5. The van der Waals surface area contributed by atoms with E-state index in [1.165, 1.54) is 18.3 Å². The van der Waals surface area contributed by atoms with Crippen molar-refractivity contribution in [2.24, 2.45) is 0 Å². The predicted octanol–water partition coefficient (Wildman–Crippen LogP) is 2.95. The summed E-state index contributed by atoms with van der Waals surface area (Å²) in [5.74, 6) is -0.0737. The number of benzene rings is 1. The van der Waals surface area contributed by atoms with E-state index in [1.54, 1.807) is 25.1 Å². The van der Waals surface area contributed by atoms with E-state index in [0.29, 0.717) is 11.1 Å². The molecule has 0 atom stereocenters. The van der Waals surface area contributed by atoms with Crippen molar-refractivity contribution in [3.8, 4) is 28.7 Å². The summed E-state index contributed by atoms with van der Waals surface area (Å²) in [6, 6.07) is 7.73. The number of nitrogens with zero attached hydrogens (tertiary/aromatic N) is 3. The molecule has 0 fully saturated rings. The monoisotopic (exact) mass is 271 g/mol. The molecule has 3 rings (SSSR count). The van der Waals surface area contributed by atoms with Crippen molar-refractivity contribution < 1.29 is 14.0 Å². The van der Waals surface area contributed by atoms with E-state index in [1.807, 2.05) is 0 Å². The Balaban J connectivity index is 2.02. The second kappa shape index (κ2) is 4.73. The number of aromatic nitrogens is 3. The topological polar surface area (TPSA) is 72.0 Å². The lowest BCUT2D eigenvalue weighted by Gasteiger charge is -1.98. The van der Waals surface area contributed by atoms with E-state index < -0.39 is 0 Å². The first kappa shape index (κ1) is 12.3. The maximum Gasteiger partial charge on any atom is 0.280 e. The van der Waals surface area contributed by atoms with Crippen LogP contribution in [0.25, 0.3) is 23.0 Å². The number of pyridine rings is 1. The summed E-state index contributed by atoms with van der Waals surface area (Å²) in [5.41, 5.74) is 1.23. The Bertz CT molecular complexity index is 771. The van der Waals surface area contributed by atoms with Gasteiger partial charge in [0, 0.05) is 11.8 Å². The van der Waals surface area contributed by atoms with Crippen LogP contribution in [-0.2, 0) is 0 Å². The lowest BCUT2D eigenvalue weighted by molar-refractivity contribution is 0.423. The Hall–Kier alpha value is -2.76. The van der Waals surface area contributed by atoms with Crippen molar-refractivity contribution in [3.05, 3.63) is 47.9 Å². The number of rotatable bonds is 2. The van der Waals surface area contributed by atoms with Crippen LogP contribution in [0.2, 0.25) is 0 Å². The third-order valence-corrected chi connectivity index (χ3v) is 2.85. The van der Waals surface area contributed by atoms with E-state index in [4.69, 9.17) is 4.52 Å². The van der Waals surface area contributed by atoms with Crippen LogP contribution in [0, 0.1) is 12.7 Å². The highest BCUT2D eigenvalue weighted by Gasteiger charge is 2.15. The first-order valence-corrected chi connectivity index (χ1v) is 5.90. The van der Waals surface area contributed by atoms with Crippen molar-refractivity contribution in [1.29, 1.82) is 0 Å². The smallest absolute Gasteiger partial charge is 0.280 e. The molecule has 0 saturated carbocycles. The molecule has 1 aromatic carbocycles. The minimum Gasteiger partial charge on any atom is -0.505 e. The molecule has 0 amide bonds. The average Bonchev–Trinajstić information content (AvgIpc) is 2.92. The second-order valence-corrected chi connectivity index (χ2v) is 4.26. The molecule has 0 spiro atoms. The highest BCUT2D eigenvalue weighted by Crippen LogP contribution is 2.27. The van der Waals surface area contributed by atoms with Gasteiger partial charge in [-0.05, 0) is 30.7 Å². The minimum absolute atomic E-state index is 0.0576. The lowest BCUT2D eigenvalue weighted by atomic mass is 10.1. The molecule has 0 aliphatic carbocycles. The molecule has 1 N–H and O–H groups in total. The fourth-order valence-corrected chi connectivity index (χ4v) is 1.73. The molecule has 6 heteroatoms. The Morgan fingerprint density at radius 2 is 2.10 bits per heavy atom. The molecule has 5 nitrogen and oxygen atoms in total. The highest BCUT2D eigenvalue weighted by molar-refractivity contribution is 5.61. The zero-order valence-corrected chi connectivity index (χ0v) is 10.5. The van der Waals surface area contributed by atoms with E-state index in [2.05, 4.69) is 15.1 Å². The molecular weight excluding hydrogens is 261 g/mol. The zero-order valence-electron chi connectivity index (χ0n) is 10.5. The van der Waals surface area contributed by atoms with Gasteiger partial charge in [-0.25, -0.2) is 9.37 Å². The molecule has 0 aliphatic rings. The SMILES string of the molecule is Cc1ccc(-c2noc(-c3ncccc3O)n2)cc1F. The third-order valence-electron chi connectivity index (χ3n) is 2.85. The average molecular weight is 271 g/mol. The van der Waals surface area contributed by atoms with E-state index >= 15 is 0 Å². The molecule has 0 radical (unpaired) electrons. The van der Waals surface area contributed by atoms with E-state index in [0.717, 1.165) is 0 Å². The predicted molar refractivity (Wildman–Crippen MR) is 69.3 cm³/mol. The largest absolute Gasteiger partial charge is 0.505 e. The first-order valence-electron chi connectivity index (χ1n) is 5.90. The number of hydrogen-bond donors (Lipinski definition) is 1. The van der Waals surface area contributed by atoms with Gasteiger partial charge in [-0.15, -0.1) is 0 Å². The lowest BCUT2D eigenvalue weighted by Crippen LogP contribution is -1.87. The van der Waals surface area contributed by atoms with Crippen LogP contribution in [0.1, 0.15) is 5.56 Å². The number of aromatic hydroxyl groups is 1. The maximum absolute atomic E-state index is 13.5. The zero-order chi connectivity index (χ0) is 14.1. The molecule has 3 aromatic rings. The second-order valence-electron chi connectivity index (χ2n) is 4.26. The normalized spacial score (nSPS) is 10.7. The van der Waals surface area contributed by atoms with Crippen LogP contribution in [0.3, 0.4) is 0 Å². The van der Waals surface area contributed by atoms with Crippen LogP contribution < -0.4 is 0 Å². The van der Waals surface area contributed by atoms with Crippen molar-refractivity contribution in [2.45, 2.75) is 6.92 Å². The highest BCUT2D eigenvalue weighted by atomic mass is 19.1. The van der Waals surface area contributed by atoms with Crippen molar-refractivity contribution in [1.82, 2.24) is 15.1 Å². The quantitative estimate of drug-likeness (QED) is 0.775. The van der Waals surface area contributed by atoms with Gasteiger partial charge in [-0.3, -0.25) is 0 Å². The molecule has 0 saturated heterocycles. The van der Waals surface area contributed by atoms with Crippen molar-refractivity contribution in [3.63, 3.8) is 0 Å². The van der Waals surface area contributed by atoms with Gasteiger partial charge in [-0.1, -0.05) is 17.3 Å². The summed E-state index contributed by atoms with van der Waals surface area (Å²) in [4.78, 5) is 8.08. The summed E-state index contributed by atoms with van der Waals surface area (Å²) in [6.45, 7) is 1.67. The van der Waals surface area contributed by atoms with Crippen LogP contribution >= 0.6 is 0 Å². The van der Waals surface area contributed by atoms with E-state index in [9.17, 15) is 9.50 Å². The molecule has 0 aliphatic heterocycles. The summed E-state index contributed by atoms with van der Waals surface area (Å²) < 4.78 is 18.6. The summed E-state index contributed by atoms with van der Waals surface area (Å²) in [5, 5.41) is 13.4. The molecule has 100 valence electrons. The van der Waals surface area contributed by atoms with Gasteiger partial charge in [0.15, 0.2) is 5.69 Å². The van der Waals surface area contributed by atoms with Crippen molar-refractivity contribution in [2.75, 3.05) is 0 Å². The Labute approximate surface area is 113 Å². The Kier molecular flexibility index (Phi) is 2.90. The Morgan fingerprint density at radius 1 is 1.25 bits per heavy atom. The minimum atomic E-state index is -0.338. The van der Waals surface area contributed by atoms with Gasteiger partial charge < -0.3 is 9.63 Å². The summed E-state index contributed by atoms with van der Waals surface area (Å²) in [7, 11) is 0. The molecule has 2 aromatic heterocycles. The third kappa shape index (κ3) is 2.11.